The molecule has 0 spiro atoms. The van der Waals surface area contributed by atoms with Crippen LogP contribution in [-0.2, 0) is 0 Å². The normalized spacial score (nSPS) is 14.6. The van der Waals surface area contributed by atoms with E-state index >= 15 is 0 Å². The number of hydrogen-bond donors (Lipinski definition) is 0. The summed E-state index contributed by atoms with van der Waals surface area (Å²) < 4.78 is 0. The highest BCUT2D eigenvalue weighted by molar-refractivity contribution is 7.99. The van der Waals surface area contributed by atoms with Gasteiger partial charge < -0.3 is 9.80 Å². The van der Waals surface area contributed by atoms with Gasteiger partial charge >= 0.3 is 0 Å². The number of nitrogens with zero attached hydrogens (tertiary/aromatic N) is 2. The summed E-state index contributed by atoms with van der Waals surface area (Å²) in [5, 5.41) is 0.800. The van der Waals surface area contributed by atoms with Crippen LogP contribution in [0.3, 0.4) is 0 Å². The zero-order valence-electron chi connectivity index (χ0n) is 13.9. The summed E-state index contributed by atoms with van der Waals surface area (Å²) in [6.45, 7) is 3.43. The Hall–Kier alpha value is -1.16. The molecule has 1 heterocycles. The Bertz CT molecular complexity index is 687. The number of hydrogen-bond acceptors (Lipinski definition) is 3. The van der Waals surface area contributed by atoms with Crippen LogP contribution in [0.4, 0.5) is 11.4 Å². The molecule has 0 radical (unpaired) electrons. The van der Waals surface area contributed by atoms with Crippen LogP contribution < -0.4 is 4.90 Å². The first kappa shape index (κ1) is 16.7. The van der Waals surface area contributed by atoms with E-state index in [9.17, 15) is 0 Å². The van der Waals surface area contributed by atoms with E-state index in [0.29, 0.717) is 6.04 Å². The second-order valence-corrected chi connectivity index (χ2v) is 7.87. The van der Waals surface area contributed by atoms with Gasteiger partial charge in [-0.1, -0.05) is 35.5 Å². The van der Waals surface area contributed by atoms with Crippen molar-refractivity contribution in [1.82, 2.24) is 4.90 Å². The van der Waals surface area contributed by atoms with Crippen LogP contribution in [0, 0.1) is 0 Å². The largest absolute Gasteiger partial charge is 0.337 e. The predicted molar refractivity (Wildman–Crippen MR) is 101 cm³/mol. The highest BCUT2D eigenvalue weighted by atomic mass is 35.5. The predicted octanol–water partition coefficient (Wildman–Crippen LogP) is 5.67. The summed E-state index contributed by atoms with van der Waals surface area (Å²) in [5.74, 6) is 0. The zero-order valence-corrected chi connectivity index (χ0v) is 15.5. The molecule has 1 aliphatic heterocycles. The SMILES string of the molecule is CC(CCCN(C)C)N1c2ccccc2Sc2ccc(Cl)cc21. The van der Waals surface area contributed by atoms with E-state index in [2.05, 4.69) is 67.2 Å². The monoisotopic (exact) mass is 346 g/mol. The minimum absolute atomic E-state index is 0.439. The third-order valence-electron chi connectivity index (χ3n) is 4.19. The van der Waals surface area contributed by atoms with Crippen LogP contribution in [0.15, 0.2) is 52.3 Å². The van der Waals surface area contributed by atoms with Crippen LogP contribution >= 0.6 is 23.4 Å². The van der Waals surface area contributed by atoms with Gasteiger partial charge in [0.2, 0.25) is 0 Å². The number of halogens is 1. The van der Waals surface area contributed by atoms with Crippen molar-refractivity contribution in [3.05, 3.63) is 47.5 Å². The van der Waals surface area contributed by atoms with E-state index in [-0.39, 0.29) is 0 Å². The number of fused-ring (bicyclic) bond motifs is 2. The molecule has 2 aromatic rings. The Morgan fingerprint density at radius 2 is 1.83 bits per heavy atom. The van der Waals surface area contributed by atoms with E-state index in [1.54, 1.807) is 0 Å². The molecule has 2 nitrogen and oxygen atoms in total. The molecule has 0 saturated heterocycles. The van der Waals surface area contributed by atoms with E-state index < -0.39 is 0 Å². The van der Waals surface area contributed by atoms with Crippen LogP contribution in [-0.4, -0.2) is 31.6 Å². The average molecular weight is 347 g/mol. The third-order valence-corrected chi connectivity index (χ3v) is 5.56. The molecule has 1 atom stereocenters. The fourth-order valence-corrected chi connectivity index (χ4v) is 4.28. The molecule has 0 amide bonds. The maximum Gasteiger partial charge on any atom is 0.0570 e. The molecular weight excluding hydrogens is 324 g/mol. The van der Waals surface area contributed by atoms with Crippen molar-refractivity contribution in [2.75, 3.05) is 25.5 Å². The van der Waals surface area contributed by atoms with Crippen molar-refractivity contribution in [1.29, 1.82) is 0 Å². The Morgan fingerprint density at radius 3 is 2.61 bits per heavy atom. The second kappa shape index (κ2) is 7.16. The highest BCUT2D eigenvalue weighted by Gasteiger charge is 2.26. The van der Waals surface area contributed by atoms with Gasteiger partial charge in [0.25, 0.3) is 0 Å². The zero-order chi connectivity index (χ0) is 16.4. The molecule has 0 saturated carbocycles. The molecular formula is C19H23ClN2S. The smallest absolute Gasteiger partial charge is 0.0570 e. The van der Waals surface area contributed by atoms with Gasteiger partial charge in [-0.15, -0.1) is 0 Å². The van der Waals surface area contributed by atoms with Gasteiger partial charge in [-0.25, -0.2) is 0 Å². The highest BCUT2D eigenvalue weighted by Crippen LogP contribution is 2.49. The van der Waals surface area contributed by atoms with E-state index in [0.717, 1.165) is 18.0 Å². The van der Waals surface area contributed by atoms with E-state index in [1.807, 2.05) is 17.8 Å². The first-order chi connectivity index (χ1) is 11.1. The number of rotatable bonds is 5. The molecule has 3 rings (SSSR count). The van der Waals surface area contributed by atoms with Gasteiger partial charge in [0.05, 0.1) is 11.4 Å². The molecule has 1 aliphatic rings. The maximum absolute atomic E-state index is 6.28. The molecule has 122 valence electrons. The van der Waals surface area contributed by atoms with Gasteiger partial charge in [0.15, 0.2) is 0 Å². The minimum Gasteiger partial charge on any atom is -0.337 e. The lowest BCUT2D eigenvalue weighted by atomic mass is 10.1. The van der Waals surface area contributed by atoms with Gasteiger partial charge in [-0.05, 0) is 70.7 Å². The lowest BCUT2D eigenvalue weighted by molar-refractivity contribution is 0.386. The van der Waals surface area contributed by atoms with Crippen molar-refractivity contribution < 1.29 is 0 Å². The molecule has 0 N–H and O–H groups in total. The molecule has 1 unspecified atom stereocenters. The van der Waals surface area contributed by atoms with Gasteiger partial charge in [0.1, 0.15) is 0 Å². The summed E-state index contributed by atoms with van der Waals surface area (Å²) in [4.78, 5) is 7.31. The first-order valence-corrected chi connectivity index (χ1v) is 9.26. The van der Waals surface area contributed by atoms with Gasteiger partial charge in [-0.3, -0.25) is 0 Å². The van der Waals surface area contributed by atoms with Gasteiger partial charge in [0, 0.05) is 20.9 Å². The summed E-state index contributed by atoms with van der Waals surface area (Å²) in [6, 6.07) is 15.3. The quantitative estimate of drug-likeness (QED) is 0.688. The molecule has 0 fully saturated rings. The lowest BCUT2D eigenvalue weighted by Gasteiger charge is -2.37. The Labute approximate surface area is 148 Å². The Morgan fingerprint density at radius 1 is 1.09 bits per heavy atom. The summed E-state index contributed by atoms with van der Waals surface area (Å²) in [5.41, 5.74) is 2.53. The summed E-state index contributed by atoms with van der Waals surface area (Å²) in [6.07, 6.45) is 2.35. The molecule has 2 aromatic carbocycles. The Balaban J connectivity index is 1.93. The van der Waals surface area contributed by atoms with Crippen molar-refractivity contribution in [2.24, 2.45) is 0 Å². The number of benzene rings is 2. The Kier molecular flexibility index (Phi) is 5.20. The van der Waals surface area contributed by atoms with Crippen molar-refractivity contribution in [3.8, 4) is 0 Å². The van der Waals surface area contributed by atoms with Crippen LogP contribution in [0.1, 0.15) is 19.8 Å². The van der Waals surface area contributed by atoms with Crippen molar-refractivity contribution in [3.63, 3.8) is 0 Å². The molecule has 0 bridgehead atoms. The number of anilines is 2. The maximum atomic E-state index is 6.28. The number of para-hydroxylation sites is 1. The molecule has 4 heteroatoms. The molecule has 0 aliphatic carbocycles. The van der Waals surface area contributed by atoms with Gasteiger partial charge in [-0.2, -0.15) is 0 Å². The van der Waals surface area contributed by atoms with Crippen LogP contribution in [0.25, 0.3) is 0 Å². The van der Waals surface area contributed by atoms with Crippen molar-refractivity contribution >= 4 is 34.7 Å². The van der Waals surface area contributed by atoms with Crippen molar-refractivity contribution in [2.45, 2.75) is 35.6 Å². The molecule has 0 aromatic heterocycles. The van der Waals surface area contributed by atoms with Crippen LogP contribution in [0.5, 0.6) is 0 Å². The average Bonchev–Trinajstić information content (AvgIpc) is 2.52. The standard InChI is InChI=1S/C19H23ClN2S/c1-14(7-6-12-21(2)3)22-16-8-4-5-9-18(16)23-19-11-10-15(20)13-17(19)22/h4-5,8-11,13-14H,6-7,12H2,1-3H3. The van der Waals surface area contributed by atoms with E-state index in [4.69, 9.17) is 11.6 Å². The van der Waals surface area contributed by atoms with E-state index in [1.165, 1.54) is 27.6 Å². The summed E-state index contributed by atoms with van der Waals surface area (Å²) in [7, 11) is 4.26. The molecule has 23 heavy (non-hydrogen) atoms. The summed E-state index contributed by atoms with van der Waals surface area (Å²) >= 11 is 8.11. The second-order valence-electron chi connectivity index (χ2n) is 6.35. The lowest BCUT2D eigenvalue weighted by Crippen LogP contribution is -2.31. The fraction of sp³-hybridized carbons (Fsp3) is 0.368. The first-order valence-electron chi connectivity index (χ1n) is 8.06. The topological polar surface area (TPSA) is 6.48 Å². The fourth-order valence-electron chi connectivity index (χ4n) is 3.06. The minimum atomic E-state index is 0.439. The third kappa shape index (κ3) is 3.68. The van der Waals surface area contributed by atoms with Crippen LogP contribution in [0.2, 0.25) is 5.02 Å².